The zero-order valence-corrected chi connectivity index (χ0v) is 22.4. The van der Waals surface area contributed by atoms with Gasteiger partial charge in [-0.2, -0.15) is 0 Å². The van der Waals surface area contributed by atoms with E-state index in [1.807, 2.05) is 0 Å². The van der Waals surface area contributed by atoms with Crippen LogP contribution in [0.5, 0.6) is 0 Å². The molecule has 0 radical (unpaired) electrons. The van der Waals surface area contributed by atoms with Crippen molar-refractivity contribution in [2.24, 2.45) is 23.2 Å². The zero-order chi connectivity index (χ0) is 24.1. The van der Waals surface area contributed by atoms with Crippen LogP contribution in [-0.2, 0) is 9.53 Å². The second-order valence-electron chi connectivity index (χ2n) is 11.9. The Balaban J connectivity index is 0.00000342. The lowest BCUT2D eigenvalue weighted by molar-refractivity contribution is -0.129. The maximum atomic E-state index is 12.7. The van der Waals surface area contributed by atoms with E-state index in [-0.39, 0.29) is 24.9 Å². The Hall–Kier alpha value is -0.440. The molecule has 0 aromatic rings. The number of aliphatic hydroxyl groups is 3. The first-order valence-corrected chi connectivity index (χ1v) is 14.0. The van der Waals surface area contributed by atoms with Crippen LogP contribution >= 0.6 is 12.4 Å². The average molecular weight is 517 g/mol. The molecule has 4 N–H and O–H groups in total. The van der Waals surface area contributed by atoms with Crippen molar-refractivity contribution in [3.8, 4) is 0 Å². The molecule has 5 fully saturated rings. The lowest BCUT2D eigenvalue weighted by atomic mass is 9.50. The van der Waals surface area contributed by atoms with E-state index in [1.54, 1.807) is 4.90 Å². The van der Waals surface area contributed by atoms with Crippen molar-refractivity contribution >= 4 is 18.3 Å². The summed E-state index contributed by atoms with van der Waals surface area (Å²) in [6.45, 7) is 4.68. The Morgan fingerprint density at radius 3 is 2.23 bits per heavy atom. The number of aliphatic hydroxyl groups excluding tert-OH is 3. The molecule has 0 aromatic heterocycles. The van der Waals surface area contributed by atoms with Crippen LogP contribution in [0.1, 0.15) is 84.0 Å². The molecule has 35 heavy (non-hydrogen) atoms. The third-order valence-electron chi connectivity index (χ3n) is 9.16. The maximum Gasteiger partial charge on any atom is 0.240 e. The van der Waals surface area contributed by atoms with Crippen LogP contribution in [0.4, 0.5) is 0 Å². The van der Waals surface area contributed by atoms with Gasteiger partial charge in [0, 0.05) is 13.2 Å². The molecule has 5 aliphatic rings. The van der Waals surface area contributed by atoms with E-state index in [1.165, 1.54) is 38.5 Å². The second kappa shape index (κ2) is 13.4. The fourth-order valence-corrected chi connectivity index (χ4v) is 7.96. The summed E-state index contributed by atoms with van der Waals surface area (Å²) in [6, 6.07) is -1.41. The third-order valence-corrected chi connectivity index (χ3v) is 9.16. The molecule has 204 valence electrons. The molecule has 1 aliphatic heterocycles. The quantitative estimate of drug-likeness (QED) is 0.265. The van der Waals surface area contributed by atoms with Gasteiger partial charge in [-0.1, -0.05) is 19.8 Å². The highest BCUT2D eigenvalue weighted by Gasteiger charge is 2.51. The van der Waals surface area contributed by atoms with Crippen molar-refractivity contribution in [2.45, 2.75) is 108 Å². The first-order chi connectivity index (χ1) is 16.5. The number of amides is 1. The summed E-state index contributed by atoms with van der Waals surface area (Å²) >= 11 is 0. The van der Waals surface area contributed by atoms with E-state index in [2.05, 4.69) is 12.2 Å². The van der Waals surface area contributed by atoms with Crippen molar-refractivity contribution in [2.75, 3.05) is 32.9 Å². The van der Waals surface area contributed by atoms with E-state index in [0.29, 0.717) is 18.5 Å². The monoisotopic (exact) mass is 516 g/mol. The first-order valence-electron chi connectivity index (χ1n) is 14.0. The lowest BCUT2D eigenvalue weighted by Gasteiger charge is -2.56. The van der Waals surface area contributed by atoms with Gasteiger partial charge >= 0.3 is 0 Å². The number of likely N-dealkylation sites (tertiary alicyclic amines) is 1. The van der Waals surface area contributed by atoms with E-state index in [9.17, 15) is 20.1 Å². The minimum absolute atomic E-state index is 0. The van der Waals surface area contributed by atoms with Crippen LogP contribution in [0.3, 0.4) is 0 Å². The van der Waals surface area contributed by atoms with Crippen molar-refractivity contribution in [1.29, 1.82) is 0 Å². The van der Waals surface area contributed by atoms with Crippen LogP contribution < -0.4 is 5.32 Å². The van der Waals surface area contributed by atoms with Crippen molar-refractivity contribution < 1.29 is 24.9 Å². The van der Waals surface area contributed by atoms with Gasteiger partial charge in [0.15, 0.2) is 0 Å². The number of hydrogen-bond acceptors (Lipinski definition) is 6. The fraction of sp³-hybridized carbons (Fsp3) is 0.963. The average Bonchev–Trinajstić information content (AvgIpc) is 3.04. The van der Waals surface area contributed by atoms with Gasteiger partial charge in [0.05, 0.1) is 25.4 Å². The standard InChI is InChI=1S/C27H48N2O5.ClH/c1-2-3-5-8-28-26(33)23-25(32)24(31)22(17-30)29(23)9-6-4-7-10-34-18-27-14-19-11-20(15-27)13-21(12-19)16-27;/h19-25,30-32H,2-18H2,1H3,(H,28,33);1H/t19?,20?,21?,22-,23-,24-,25-,27?;/m0./s1. The van der Waals surface area contributed by atoms with E-state index < -0.39 is 24.3 Å². The molecule has 0 unspecified atom stereocenters. The molecular formula is C27H49ClN2O5. The van der Waals surface area contributed by atoms with Crippen LogP contribution in [0.2, 0.25) is 0 Å². The van der Waals surface area contributed by atoms with Crippen LogP contribution in [0.25, 0.3) is 0 Å². The van der Waals surface area contributed by atoms with Crippen molar-refractivity contribution in [3.05, 3.63) is 0 Å². The molecule has 1 heterocycles. The Kier molecular flexibility index (Phi) is 11.1. The summed E-state index contributed by atoms with van der Waals surface area (Å²) < 4.78 is 6.19. The van der Waals surface area contributed by atoms with Gasteiger partial charge < -0.3 is 25.4 Å². The molecule has 1 saturated heterocycles. The highest BCUT2D eigenvalue weighted by Crippen LogP contribution is 2.60. The summed E-state index contributed by atoms with van der Waals surface area (Å²) in [5.74, 6) is 2.62. The number of unbranched alkanes of at least 4 members (excludes halogenated alkanes) is 4. The smallest absolute Gasteiger partial charge is 0.240 e. The highest BCUT2D eigenvalue weighted by atomic mass is 35.5. The number of ether oxygens (including phenoxy) is 1. The number of rotatable bonds is 14. The van der Waals surface area contributed by atoms with Gasteiger partial charge in [0.25, 0.3) is 0 Å². The van der Waals surface area contributed by atoms with E-state index in [0.717, 1.165) is 69.5 Å². The molecule has 4 saturated carbocycles. The largest absolute Gasteiger partial charge is 0.395 e. The van der Waals surface area contributed by atoms with Gasteiger partial charge in [-0.05, 0) is 93.9 Å². The van der Waals surface area contributed by atoms with Gasteiger partial charge in [-0.15, -0.1) is 12.4 Å². The lowest BCUT2D eigenvalue weighted by Crippen LogP contribution is -2.50. The number of nitrogens with zero attached hydrogens (tertiary/aromatic N) is 1. The molecule has 0 aromatic carbocycles. The minimum Gasteiger partial charge on any atom is -0.395 e. The number of nitrogens with one attached hydrogen (secondary N) is 1. The van der Waals surface area contributed by atoms with Gasteiger partial charge in [0.1, 0.15) is 12.1 Å². The molecule has 4 bridgehead atoms. The van der Waals surface area contributed by atoms with Crippen LogP contribution in [0, 0.1) is 23.2 Å². The maximum absolute atomic E-state index is 12.7. The second-order valence-corrected chi connectivity index (χ2v) is 11.9. The predicted molar refractivity (Wildman–Crippen MR) is 138 cm³/mol. The third kappa shape index (κ3) is 6.91. The molecule has 0 spiro atoms. The highest BCUT2D eigenvalue weighted by molar-refractivity contribution is 5.85. The van der Waals surface area contributed by atoms with Crippen molar-refractivity contribution in [1.82, 2.24) is 10.2 Å². The molecule has 8 heteroatoms. The number of carbonyl (C=O) groups excluding carboxylic acids is 1. The van der Waals surface area contributed by atoms with Gasteiger partial charge in [-0.3, -0.25) is 9.69 Å². The summed E-state index contributed by atoms with van der Waals surface area (Å²) in [7, 11) is 0. The Labute approximate surface area is 217 Å². The minimum atomic E-state index is -1.17. The number of hydrogen-bond donors (Lipinski definition) is 4. The molecule has 1 amide bonds. The summed E-state index contributed by atoms with van der Waals surface area (Å²) in [5, 5.41) is 33.6. The predicted octanol–water partition coefficient (Wildman–Crippen LogP) is 2.88. The molecule has 4 atom stereocenters. The van der Waals surface area contributed by atoms with Gasteiger partial charge in [0.2, 0.25) is 5.91 Å². The van der Waals surface area contributed by atoms with E-state index >= 15 is 0 Å². The first kappa shape index (κ1) is 29.1. The molecular weight excluding hydrogens is 468 g/mol. The Morgan fingerprint density at radius 2 is 1.63 bits per heavy atom. The molecule has 5 rings (SSSR count). The van der Waals surface area contributed by atoms with Crippen molar-refractivity contribution in [3.63, 3.8) is 0 Å². The normalized spacial score (nSPS) is 38.0. The SMILES string of the molecule is CCCCCNC(=O)[C@@H]1[C@H](O)[C@@H](O)[C@H](CO)N1CCCCCOCC12CC3CC(CC(C3)C1)C2.Cl. The number of carbonyl (C=O) groups is 1. The fourth-order valence-electron chi connectivity index (χ4n) is 7.96. The molecule has 4 aliphatic carbocycles. The van der Waals surface area contributed by atoms with Crippen LogP contribution in [-0.4, -0.2) is 83.3 Å². The van der Waals surface area contributed by atoms with Crippen LogP contribution in [0.15, 0.2) is 0 Å². The van der Waals surface area contributed by atoms with E-state index in [4.69, 9.17) is 4.74 Å². The topological polar surface area (TPSA) is 102 Å². The molecule has 7 nitrogen and oxygen atoms in total. The van der Waals surface area contributed by atoms with Gasteiger partial charge in [-0.25, -0.2) is 0 Å². The Morgan fingerprint density at radius 1 is 0.971 bits per heavy atom. The zero-order valence-electron chi connectivity index (χ0n) is 21.6. The summed E-state index contributed by atoms with van der Waals surface area (Å²) in [4.78, 5) is 14.6. The summed E-state index contributed by atoms with van der Waals surface area (Å²) in [5.41, 5.74) is 0.461. The Bertz CT molecular complexity index is 630. The number of halogens is 1. The summed E-state index contributed by atoms with van der Waals surface area (Å²) in [6.07, 6.45) is 12.0.